The number of fused-ring (bicyclic) bond motifs is 2. The van der Waals surface area contributed by atoms with Crippen LogP contribution >= 0.6 is 11.6 Å². The molecule has 2 heterocycles. The van der Waals surface area contributed by atoms with Gasteiger partial charge in [-0.15, -0.1) is 10.2 Å². The van der Waals surface area contributed by atoms with Crippen LogP contribution in [0.4, 0.5) is 5.69 Å². The molecular formula is C23H15ClN4O4. The summed E-state index contributed by atoms with van der Waals surface area (Å²) in [5.74, 6) is 0.176. The minimum atomic E-state index is -0.608. The number of nitrogens with zero attached hydrogens (tertiary/aromatic N) is 3. The smallest absolute Gasteiger partial charge is 0.302 e. The van der Waals surface area contributed by atoms with Crippen LogP contribution in [0.3, 0.4) is 0 Å². The first-order chi connectivity index (χ1) is 15.6. The Balaban J connectivity index is 1.24. The Labute approximate surface area is 186 Å². The van der Waals surface area contributed by atoms with Crippen molar-refractivity contribution in [2.75, 3.05) is 6.61 Å². The maximum absolute atomic E-state index is 12.1. The molecule has 0 saturated heterocycles. The molecule has 0 radical (unpaired) electrons. The number of hydrogen-bond acceptors (Lipinski definition) is 6. The van der Waals surface area contributed by atoms with E-state index < -0.39 is 5.91 Å². The number of aromatic hydroxyl groups is 1. The Morgan fingerprint density at radius 2 is 1.94 bits per heavy atom. The van der Waals surface area contributed by atoms with E-state index >= 15 is 0 Å². The van der Waals surface area contributed by atoms with Crippen LogP contribution in [0.1, 0.15) is 0 Å². The monoisotopic (exact) mass is 446 g/mol. The van der Waals surface area contributed by atoms with Crippen LogP contribution in [-0.2, 0) is 4.79 Å². The van der Waals surface area contributed by atoms with Gasteiger partial charge in [0.15, 0.2) is 17.9 Å². The second-order valence-electron chi connectivity index (χ2n) is 6.91. The highest BCUT2D eigenvalue weighted by Gasteiger charge is 2.12. The second-order valence-corrected chi connectivity index (χ2v) is 7.34. The summed E-state index contributed by atoms with van der Waals surface area (Å²) in [6.45, 7) is -0.310. The molecule has 0 atom stereocenters. The van der Waals surface area contributed by atoms with Crippen LogP contribution in [0.2, 0.25) is 5.02 Å². The molecule has 9 heteroatoms. The fraction of sp³-hybridized carbons (Fsp3) is 0.0435. The van der Waals surface area contributed by atoms with Crippen molar-refractivity contribution in [2.45, 2.75) is 0 Å². The van der Waals surface area contributed by atoms with Gasteiger partial charge >= 0.3 is 5.91 Å². The minimum Gasteiger partial charge on any atom is -0.493 e. The van der Waals surface area contributed by atoms with Crippen LogP contribution in [0.15, 0.2) is 81.4 Å². The zero-order valence-electron chi connectivity index (χ0n) is 16.4. The number of aromatic amines is 1. The summed E-state index contributed by atoms with van der Waals surface area (Å²) in [7, 11) is 0. The molecule has 0 aliphatic rings. The number of rotatable bonds is 5. The topological polar surface area (TPSA) is 113 Å². The van der Waals surface area contributed by atoms with Crippen molar-refractivity contribution in [1.29, 1.82) is 0 Å². The van der Waals surface area contributed by atoms with Gasteiger partial charge in [0.2, 0.25) is 11.8 Å². The van der Waals surface area contributed by atoms with E-state index in [-0.39, 0.29) is 18.2 Å². The molecular weight excluding hydrogens is 432 g/mol. The lowest BCUT2D eigenvalue weighted by atomic mass is 10.2. The molecule has 3 aromatic carbocycles. The van der Waals surface area contributed by atoms with Gasteiger partial charge < -0.3 is 19.2 Å². The second kappa shape index (κ2) is 8.16. The number of carbonyl (C=O) groups excluding carboxylic acids is 1. The zero-order valence-corrected chi connectivity index (χ0v) is 17.2. The van der Waals surface area contributed by atoms with Gasteiger partial charge in [0.25, 0.3) is 0 Å². The Hall–Kier alpha value is -4.17. The van der Waals surface area contributed by atoms with Crippen molar-refractivity contribution >= 4 is 45.2 Å². The van der Waals surface area contributed by atoms with Gasteiger partial charge in [-0.2, -0.15) is 0 Å². The number of amides is 1. The first-order valence-electron chi connectivity index (χ1n) is 9.60. The van der Waals surface area contributed by atoms with Gasteiger partial charge in [0.1, 0.15) is 11.3 Å². The molecule has 2 N–H and O–H groups in total. The van der Waals surface area contributed by atoms with E-state index in [0.717, 1.165) is 11.1 Å². The normalized spacial score (nSPS) is 11.5. The lowest BCUT2D eigenvalue weighted by Crippen LogP contribution is -2.07. The fourth-order valence-corrected chi connectivity index (χ4v) is 3.38. The van der Waals surface area contributed by atoms with Gasteiger partial charge in [-0.3, -0.25) is 4.79 Å². The van der Waals surface area contributed by atoms with E-state index in [1.807, 2.05) is 24.3 Å². The highest BCUT2D eigenvalue weighted by molar-refractivity contribution is 6.31. The molecule has 0 aliphatic heterocycles. The summed E-state index contributed by atoms with van der Waals surface area (Å²) >= 11 is 5.99. The number of carbonyl (C=O) groups is 1. The summed E-state index contributed by atoms with van der Waals surface area (Å²) in [4.78, 5) is 19.3. The SMILES string of the molecule is O=C(COc1ccc(-c2nc3ccccc3o2)cc1)N=Nc1c(O)[nH]c2ccc(Cl)cc12. The van der Waals surface area contributed by atoms with Crippen LogP contribution in [0.5, 0.6) is 11.6 Å². The van der Waals surface area contributed by atoms with E-state index in [2.05, 4.69) is 20.2 Å². The Bertz CT molecular complexity index is 1440. The lowest BCUT2D eigenvalue weighted by molar-refractivity contribution is -0.120. The fourth-order valence-electron chi connectivity index (χ4n) is 3.21. The van der Waals surface area contributed by atoms with Crippen molar-refractivity contribution in [3.8, 4) is 23.1 Å². The number of nitrogens with one attached hydrogen (secondary N) is 1. The Morgan fingerprint density at radius 1 is 1.12 bits per heavy atom. The van der Waals surface area contributed by atoms with Gasteiger partial charge in [-0.1, -0.05) is 23.7 Å². The highest BCUT2D eigenvalue weighted by atomic mass is 35.5. The molecule has 5 rings (SSSR count). The molecule has 1 amide bonds. The summed E-state index contributed by atoms with van der Waals surface area (Å²) in [6, 6.07) is 19.5. The van der Waals surface area contributed by atoms with Gasteiger partial charge in [-0.05, 0) is 54.6 Å². The number of aromatic nitrogens is 2. The molecule has 5 aromatic rings. The van der Waals surface area contributed by atoms with Crippen molar-refractivity contribution in [2.24, 2.45) is 10.2 Å². The maximum Gasteiger partial charge on any atom is 0.302 e. The third-order valence-electron chi connectivity index (χ3n) is 4.73. The molecule has 0 saturated carbocycles. The lowest BCUT2D eigenvalue weighted by Gasteiger charge is -2.03. The van der Waals surface area contributed by atoms with E-state index in [9.17, 15) is 9.90 Å². The number of halogens is 1. The molecule has 0 fully saturated rings. The first kappa shape index (κ1) is 19.8. The number of oxazole rings is 1. The number of hydrogen-bond donors (Lipinski definition) is 2. The molecule has 32 heavy (non-hydrogen) atoms. The van der Waals surface area contributed by atoms with Crippen molar-refractivity contribution < 1.29 is 19.1 Å². The third kappa shape index (κ3) is 3.91. The van der Waals surface area contributed by atoms with Crippen LogP contribution in [0, 0.1) is 0 Å². The van der Waals surface area contributed by atoms with Crippen LogP contribution in [0.25, 0.3) is 33.5 Å². The van der Waals surface area contributed by atoms with E-state index in [1.165, 1.54) is 0 Å². The van der Waals surface area contributed by atoms with Crippen molar-refractivity contribution in [3.05, 3.63) is 71.8 Å². The average Bonchev–Trinajstić information content (AvgIpc) is 3.37. The molecule has 0 spiro atoms. The minimum absolute atomic E-state index is 0.138. The molecule has 2 aromatic heterocycles. The summed E-state index contributed by atoms with van der Waals surface area (Å²) < 4.78 is 11.2. The molecule has 8 nitrogen and oxygen atoms in total. The van der Waals surface area contributed by atoms with Crippen molar-refractivity contribution in [3.63, 3.8) is 0 Å². The number of H-pyrrole nitrogens is 1. The maximum atomic E-state index is 12.1. The summed E-state index contributed by atoms with van der Waals surface area (Å²) in [5, 5.41) is 18.5. The van der Waals surface area contributed by atoms with E-state index in [4.69, 9.17) is 20.8 Å². The summed E-state index contributed by atoms with van der Waals surface area (Å²) in [5.41, 5.74) is 3.04. The largest absolute Gasteiger partial charge is 0.493 e. The molecule has 0 bridgehead atoms. The zero-order chi connectivity index (χ0) is 22.1. The summed E-state index contributed by atoms with van der Waals surface area (Å²) in [6.07, 6.45) is 0. The molecule has 0 aliphatic carbocycles. The average molecular weight is 447 g/mol. The standard InChI is InChI=1S/C23H15ClN4O4/c24-14-7-10-17-16(11-14)21(22(30)25-17)28-27-20(29)12-31-15-8-5-13(6-9-15)23-26-18-3-1-2-4-19(18)32-23/h1-11,25,30H,12H2. The van der Waals surface area contributed by atoms with Crippen LogP contribution < -0.4 is 4.74 Å². The third-order valence-corrected chi connectivity index (χ3v) is 4.97. The first-order valence-corrected chi connectivity index (χ1v) is 9.98. The molecule has 0 unspecified atom stereocenters. The van der Waals surface area contributed by atoms with Gasteiger partial charge in [-0.25, -0.2) is 4.98 Å². The number of para-hydroxylation sites is 2. The Kier molecular flexibility index (Phi) is 5.04. The van der Waals surface area contributed by atoms with E-state index in [1.54, 1.807) is 42.5 Å². The quantitative estimate of drug-likeness (QED) is 0.320. The Morgan fingerprint density at radius 3 is 2.75 bits per heavy atom. The van der Waals surface area contributed by atoms with Crippen LogP contribution in [-0.4, -0.2) is 27.6 Å². The number of benzene rings is 3. The highest BCUT2D eigenvalue weighted by Crippen LogP contribution is 2.36. The van der Waals surface area contributed by atoms with Gasteiger partial charge in [0, 0.05) is 16.0 Å². The predicted octanol–water partition coefficient (Wildman–Crippen LogP) is 6.02. The molecule has 158 valence electrons. The van der Waals surface area contributed by atoms with E-state index in [0.29, 0.717) is 33.1 Å². The predicted molar refractivity (Wildman–Crippen MR) is 119 cm³/mol. The van der Waals surface area contributed by atoms with Gasteiger partial charge in [0.05, 0.1) is 5.52 Å². The van der Waals surface area contributed by atoms with Crippen molar-refractivity contribution in [1.82, 2.24) is 9.97 Å². The number of ether oxygens (including phenoxy) is 1. The number of azo groups is 1.